The summed E-state index contributed by atoms with van der Waals surface area (Å²) in [7, 11) is 0. The maximum absolute atomic E-state index is 13.8. The van der Waals surface area contributed by atoms with E-state index in [2.05, 4.69) is 21.4 Å². The molecule has 0 aliphatic heterocycles. The number of aromatic amines is 1. The molecule has 160 valence electrons. The highest BCUT2D eigenvalue weighted by molar-refractivity contribution is 6.19. The van der Waals surface area contributed by atoms with Crippen molar-refractivity contribution in [1.29, 1.82) is 0 Å². The maximum Gasteiger partial charge on any atom is 0.252 e. The molecule has 0 aliphatic carbocycles. The lowest BCUT2D eigenvalue weighted by atomic mass is 9.94. The normalized spacial score (nSPS) is 11.0. The van der Waals surface area contributed by atoms with Crippen LogP contribution in [-0.4, -0.2) is 28.4 Å². The molecule has 0 radical (unpaired) electrons. The van der Waals surface area contributed by atoms with Crippen LogP contribution in [0.1, 0.15) is 51.8 Å². The van der Waals surface area contributed by atoms with Gasteiger partial charge in [0, 0.05) is 39.7 Å². The van der Waals surface area contributed by atoms with Crippen molar-refractivity contribution in [3.8, 4) is 23.6 Å². The molecule has 1 amide bonds. The SMILES string of the molecule is C#CCNC(=O)c1ccc2c(C(=O)c3c(-c4cccc(F)c4)noc3C(C)C)c[nH]c2c1. The van der Waals surface area contributed by atoms with Crippen LogP contribution in [-0.2, 0) is 0 Å². The van der Waals surface area contributed by atoms with Crippen molar-refractivity contribution in [2.24, 2.45) is 0 Å². The van der Waals surface area contributed by atoms with E-state index in [4.69, 9.17) is 10.9 Å². The third-order valence-electron chi connectivity index (χ3n) is 5.11. The minimum Gasteiger partial charge on any atom is -0.360 e. The molecule has 2 aromatic carbocycles. The first kappa shape index (κ1) is 21.1. The van der Waals surface area contributed by atoms with Crippen LogP contribution in [0, 0.1) is 18.2 Å². The standard InChI is InChI=1S/C25H20FN3O3/c1-4-10-27-25(31)16-8-9-18-19(13-28-20(18)12-16)23(30)21-22(29-32-24(21)14(2)3)15-6-5-7-17(26)11-15/h1,5-9,11-14,28H,10H2,2-3H3,(H,27,31). The lowest BCUT2D eigenvalue weighted by Gasteiger charge is -2.06. The fourth-order valence-electron chi connectivity index (χ4n) is 3.57. The molecule has 2 heterocycles. The lowest BCUT2D eigenvalue weighted by molar-refractivity contribution is 0.0958. The first-order chi connectivity index (χ1) is 15.4. The van der Waals surface area contributed by atoms with Gasteiger partial charge in [0.05, 0.1) is 12.1 Å². The van der Waals surface area contributed by atoms with Crippen molar-refractivity contribution in [1.82, 2.24) is 15.5 Å². The van der Waals surface area contributed by atoms with Gasteiger partial charge in [0.15, 0.2) is 5.76 Å². The minimum atomic E-state index is -0.433. The van der Waals surface area contributed by atoms with Gasteiger partial charge in [-0.1, -0.05) is 43.1 Å². The summed E-state index contributed by atoms with van der Waals surface area (Å²) < 4.78 is 19.3. The third-order valence-corrected chi connectivity index (χ3v) is 5.11. The summed E-state index contributed by atoms with van der Waals surface area (Å²) in [5.41, 5.74) is 2.48. The zero-order chi connectivity index (χ0) is 22.8. The number of ketones is 1. The summed E-state index contributed by atoms with van der Waals surface area (Å²) in [6.45, 7) is 3.91. The summed E-state index contributed by atoms with van der Waals surface area (Å²) in [4.78, 5) is 28.9. The van der Waals surface area contributed by atoms with Gasteiger partial charge in [-0.2, -0.15) is 0 Å². The van der Waals surface area contributed by atoms with Crippen LogP contribution < -0.4 is 5.32 Å². The predicted octanol–water partition coefficient (Wildman–Crippen LogP) is 4.68. The fraction of sp³-hybridized carbons (Fsp3) is 0.160. The highest BCUT2D eigenvalue weighted by Crippen LogP contribution is 2.33. The van der Waals surface area contributed by atoms with Gasteiger partial charge in [-0.15, -0.1) is 6.42 Å². The summed E-state index contributed by atoms with van der Waals surface area (Å²) in [5.74, 6) is 1.63. The topological polar surface area (TPSA) is 88.0 Å². The van der Waals surface area contributed by atoms with E-state index in [1.54, 1.807) is 36.5 Å². The van der Waals surface area contributed by atoms with Gasteiger partial charge in [-0.3, -0.25) is 9.59 Å². The van der Waals surface area contributed by atoms with Gasteiger partial charge in [0.2, 0.25) is 5.78 Å². The van der Waals surface area contributed by atoms with Crippen LogP contribution in [0.25, 0.3) is 22.2 Å². The van der Waals surface area contributed by atoms with E-state index in [0.29, 0.717) is 38.9 Å². The number of rotatable bonds is 6. The first-order valence-corrected chi connectivity index (χ1v) is 10.0. The molecule has 4 rings (SSSR count). The van der Waals surface area contributed by atoms with Crippen LogP contribution in [0.2, 0.25) is 0 Å². The molecule has 0 unspecified atom stereocenters. The molecule has 32 heavy (non-hydrogen) atoms. The lowest BCUT2D eigenvalue weighted by Crippen LogP contribution is -2.23. The van der Waals surface area contributed by atoms with Crippen molar-refractivity contribution in [3.63, 3.8) is 0 Å². The Bertz CT molecular complexity index is 1370. The van der Waals surface area contributed by atoms with Gasteiger partial charge in [-0.25, -0.2) is 4.39 Å². The van der Waals surface area contributed by atoms with E-state index in [9.17, 15) is 14.0 Å². The molecule has 0 saturated carbocycles. The molecule has 0 fully saturated rings. The summed E-state index contributed by atoms with van der Waals surface area (Å²) in [6.07, 6.45) is 6.77. The molecule has 7 heteroatoms. The average Bonchev–Trinajstić information content (AvgIpc) is 3.41. The monoisotopic (exact) mass is 429 g/mol. The zero-order valence-corrected chi connectivity index (χ0v) is 17.5. The Kier molecular flexibility index (Phi) is 5.61. The molecule has 6 nitrogen and oxygen atoms in total. The maximum atomic E-state index is 13.8. The van der Waals surface area contributed by atoms with Gasteiger partial charge in [0.25, 0.3) is 5.91 Å². The van der Waals surface area contributed by atoms with E-state index in [-0.39, 0.29) is 29.8 Å². The number of nitrogens with zero attached hydrogens (tertiary/aromatic N) is 1. The van der Waals surface area contributed by atoms with Gasteiger partial charge in [-0.05, 0) is 24.3 Å². The zero-order valence-electron chi connectivity index (χ0n) is 17.5. The Hall–Kier alpha value is -4.18. The third kappa shape index (κ3) is 3.79. The Morgan fingerprint density at radius 1 is 1.25 bits per heavy atom. The highest BCUT2D eigenvalue weighted by atomic mass is 19.1. The van der Waals surface area contributed by atoms with Crippen LogP contribution >= 0.6 is 0 Å². The molecule has 0 spiro atoms. The van der Waals surface area contributed by atoms with Crippen LogP contribution in [0.15, 0.2) is 53.2 Å². The molecule has 0 bridgehead atoms. The number of carbonyl (C=O) groups is 2. The van der Waals surface area contributed by atoms with Crippen LogP contribution in [0.3, 0.4) is 0 Å². The van der Waals surface area contributed by atoms with Crippen molar-refractivity contribution < 1.29 is 18.5 Å². The van der Waals surface area contributed by atoms with Crippen molar-refractivity contribution in [2.75, 3.05) is 6.54 Å². The largest absolute Gasteiger partial charge is 0.360 e. The average molecular weight is 429 g/mol. The number of fused-ring (bicyclic) bond motifs is 1. The number of terminal acetylenes is 1. The molecule has 2 aromatic heterocycles. The van der Waals surface area contributed by atoms with E-state index < -0.39 is 5.82 Å². The second-order valence-corrected chi connectivity index (χ2v) is 7.61. The Morgan fingerprint density at radius 3 is 2.78 bits per heavy atom. The van der Waals surface area contributed by atoms with Crippen LogP contribution in [0.4, 0.5) is 4.39 Å². The summed E-state index contributed by atoms with van der Waals surface area (Å²) >= 11 is 0. The minimum absolute atomic E-state index is 0.111. The van der Waals surface area contributed by atoms with Crippen molar-refractivity contribution >= 4 is 22.6 Å². The predicted molar refractivity (Wildman–Crippen MR) is 119 cm³/mol. The molecule has 2 N–H and O–H groups in total. The number of nitrogens with one attached hydrogen (secondary N) is 2. The number of aromatic nitrogens is 2. The number of hydrogen-bond donors (Lipinski definition) is 2. The van der Waals surface area contributed by atoms with Crippen molar-refractivity contribution in [3.05, 3.63) is 76.9 Å². The number of amides is 1. The number of benzene rings is 2. The molecular formula is C25H20FN3O3. The van der Waals surface area contributed by atoms with Crippen LogP contribution in [0.5, 0.6) is 0 Å². The van der Waals surface area contributed by atoms with Crippen molar-refractivity contribution in [2.45, 2.75) is 19.8 Å². The number of H-pyrrole nitrogens is 1. The molecule has 0 aliphatic rings. The second kappa shape index (κ2) is 8.52. The first-order valence-electron chi connectivity index (χ1n) is 10.0. The van der Waals surface area contributed by atoms with E-state index in [1.807, 2.05) is 13.8 Å². The van der Waals surface area contributed by atoms with E-state index in [0.717, 1.165) is 0 Å². The summed E-state index contributed by atoms with van der Waals surface area (Å²) in [6, 6.07) is 10.9. The quantitative estimate of drug-likeness (QED) is 0.344. The van der Waals surface area contributed by atoms with E-state index in [1.165, 1.54) is 12.1 Å². The number of halogens is 1. The Morgan fingerprint density at radius 2 is 2.06 bits per heavy atom. The molecule has 0 atom stereocenters. The van der Waals surface area contributed by atoms with E-state index >= 15 is 0 Å². The fourth-order valence-corrected chi connectivity index (χ4v) is 3.57. The van der Waals surface area contributed by atoms with Gasteiger partial charge >= 0.3 is 0 Å². The highest BCUT2D eigenvalue weighted by Gasteiger charge is 2.28. The molecule has 4 aromatic rings. The number of hydrogen-bond acceptors (Lipinski definition) is 4. The smallest absolute Gasteiger partial charge is 0.252 e. The molecule has 0 saturated heterocycles. The Labute approximate surface area is 183 Å². The second-order valence-electron chi connectivity index (χ2n) is 7.61. The summed E-state index contributed by atoms with van der Waals surface area (Å²) in [5, 5.41) is 7.34. The van der Waals surface area contributed by atoms with Gasteiger partial charge < -0.3 is 14.8 Å². The van der Waals surface area contributed by atoms with Gasteiger partial charge in [0.1, 0.15) is 11.5 Å². The Balaban J connectivity index is 1.79. The molecular weight excluding hydrogens is 409 g/mol. The number of carbonyl (C=O) groups excluding carboxylic acids is 2.